The van der Waals surface area contributed by atoms with E-state index in [4.69, 9.17) is 6.42 Å². The summed E-state index contributed by atoms with van der Waals surface area (Å²) in [5.74, 6) is 8.21. The van der Waals surface area contributed by atoms with Gasteiger partial charge in [0, 0.05) is 18.1 Å². The minimum Gasteiger partial charge on any atom is -0.345 e. The molecule has 1 amide bonds. The topological polar surface area (TPSA) is 29.1 Å². The Kier molecular flexibility index (Phi) is 4.01. The van der Waals surface area contributed by atoms with Crippen molar-refractivity contribution in [3.05, 3.63) is 35.4 Å². The lowest BCUT2D eigenvalue weighted by molar-refractivity contribution is -0.118. The maximum atomic E-state index is 10.5. The number of amides is 1. The molecule has 0 aliphatic rings. The smallest absolute Gasteiger partial charge is 0.217 e. The molecule has 0 aliphatic carbocycles. The van der Waals surface area contributed by atoms with Gasteiger partial charge in [-0.25, -0.2) is 0 Å². The van der Waals surface area contributed by atoms with Crippen LogP contribution in [0.25, 0.3) is 0 Å². The second-order valence-corrected chi connectivity index (χ2v) is 2.93. The molecule has 0 unspecified atom stereocenters. The van der Waals surface area contributed by atoms with Crippen LogP contribution in [-0.2, 0) is 4.79 Å². The van der Waals surface area contributed by atoms with Gasteiger partial charge in [0.1, 0.15) is 0 Å². The maximum absolute atomic E-state index is 10.5. The van der Waals surface area contributed by atoms with Crippen LogP contribution in [0.4, 0.5) is 0 Å². The molecule has 0 fully saturated rings. The molecule has 0 bridgehead atoms. The van der Waals surface area contributed by atoms with Gasteiger partial charge in [-0.2, -0.15) is 0 Å². The third-order valence-electron chi connectivity index (χ3n) is 1.71. The Morgan fingerprint density at radius 3 is 2.47 bits per heavy atom. The van der Waals surface area contributed by atoms with Crippen LogP contribution in [0.1, 0.15) is 18.1 Å². The summed E-state index contributed by atoms with van der Waals surface area (Å²) in [5.41, 5.74) is 1.72. The summed E-state index contributed by atoms with van der Waals surface area (Å²) in [7, 11) is 0. The highest BCUT2D eigenvalue weighted by Crippen LogP contribution is 2.00. The Bertz CT molecular complexity index is 440. The molecule has 74 valence electrons. The first kappa shape index (κ1) is 10.9. The molecule has 1 aromatic carbocycles. The summed E-state index contributed by atoms with van der Waals surface area (Å²) in [4.78, 5) is 10.5. The van der Waals surface area contributed by atoms with Gasteiger partial charge in [0.15, 0.2) is 0 Å². The predicted octanol–water partition coefficient (Wildman–Crippen LogP) is 1.16. The summed E-state index contributed by atoms with van der Waals surface area (Å²) >= 11 is 0. The Balaban J connectivity index is 2.57. The monoisotopic (exact) mass is 197 g/mol. The zero-order chi connectivity index (χ0) is 11.1. The molecule has 0 spiro atoms. The Hall–Kier alpha value is -2.19. The normalized spacial score (nSPS) is 8.27. The van der Waals surface area contributed by atoms with E-state index in [1.807, 2.05) is 24.3 Å². The SMILES string of the molecule is C#Cc1ccc(C#CCNC(C)=O)cc1. The van der Waals surface area contributed by atoms with Gasteiger partial charge in [0.05, 0.1) is 6.54 Å². The fraction of sp³-hybridized carbons (Fsp3) is 0.154. The average Bonchev–Trinajstić information content (AvgIpc) is 2.25. The second-order valence-electron chi connectivity index (χ2n) is 2.93. The zero-order valence-corrected chi connectivity index (χ0v) is 8.50. The summed E-state index contributed by atoms with van der Waals surface area (Å²) < 4.78 is 0. The minimum absolute atomic E-state index is 0.0769. The van der Waals surface area contributed by atoms with Crippen molar-refractivity contribution in [3.8, 4) is 24.2 Å². The molecule has 0 radical (unpaired) electrons. The van der Waals surface area contributed by atoms with Crippen LogP contribution < -0.4 is 5.32 Å². The molecule has 1 N–H and O–H groups in total. The molecule has 1 rings (SSSR count). The van der Waals surface area contributed by atoms with Crippen molar-refractivity contribution in [2.45, 2.75) is 6.92 Å². The third-order valence-corrected chi connectivity index (χ3v) is 1.71. The lowest BCUT2D eigenvalue weighted by atomic mass is 10.1. The highest BCUT2D eigenvalue weighted by atomic mass is 16.1. The molecular weight excluding hydrogens is 186 g/mol. The van der Waals surface area contributed by atoms with Crippen LogP contribution in [-0.4, -0.2) is 12.5 Å². The number of nitrogens with one attached hydrogen (secondary N) is 1. The van der Waals surface area contributed by atoms with E-state index in [1.54, 1.807) is 0 Å². The van der Waals surface area contributed by atoms with Crippen LogP contribution in [0.15, 0.2) is 24.3 Å². The number of carbonyl (C=O) groups excluding carboxylic acids is 1. The van der Waals surface area contributed by atoms with Crippen molar-refractivity contribution in [3.63, 3.8) is 0 Å². The van der Waals surface area contributed by atoms with Crippen molar-refractivity contribution in [1.82, 2.24) is 5.32 Å². The molecule has 0 heterocycles. The van der Waals surface area contributed by atoms with Crippen LogP contribution in [0.3, 0.4) is 0 Å². The van der Waals surface area contributed by atoms with Gasteiger partial charge in [-0.3, -0.25) is 4.79 Å². The van der Waals surface area contributed by atoms with Gasteiger partial charge in [0.2, 0.25) is 5.91 Å². The minimum atomic E-state index is -0.0769. The molecule has 2 nitrogen and oxygen atoms in total. The van der Waals surface area contributed by atoms with Gasteiger partial charge < -0.3 is 5.32 Å². The molecular formula is C13H11NO. The molecule has 0 saturated carbocycles. The maximum Gasteiger partial charge on any atom is 0.217 e. The molecule has 0 atom stereocenters. The Labute approximate surface area is 89.7 Å². The van der Waals surface area contributed by atoms with E-state index in [0.29, 0.717) is 6.54 Å². The lowest BCUT2D eigenvalue weighted by Gasteiger charge is -1.92. The van der Waals surface area contributed by atoms with Gasteiger partial charge in [-0.15, -0.1) is 6.42 Å². The van der Waals surface area contributed by atoms with Crippen LogP contribution >= 0.6 is 0 Å². The number of terminal acetylenes is 1. The van der Waals surface area contributed by atoms with E-state index in [0.717, 1.165) is 11.1 Å². The lowest BCUT2D eigenvalue weighted by Crippen LogP contribution is -2.19. The Morgan fingerprint density at radius 2 is 1.93 bits per heavy atom. The molecule has 1 aromatic rings. The number of rotatable bonds is 1. The molecule has 15 heavy (non-hydrogen) atoms. The highest BCUT2D eigenvalue weighted by molar-refractivity contribution is 5.73. The van der Waals surface area contributed by atoms with E-state index in [2.05, 4.69) is 23.1 Å². The standard InChI is InChI=1S/C13H11NO/c1-3-12-6-8-13(9-7-12)5-4-10-14-11(2)15/h1,6-9H,10H2,2H3,(H,14,15). The first-order chi connectivity index (χ1) is 7.22. The average molecular weight is 197 g/mol. The van der Waals surface area contributed by atoms with Gasteiger partial charge in [0.25, 0.3) is 0 Å². The summed E-state index contributed by atoms with van der Waals surface area (Å²) in [6, 6.07) is 7.39. The van der Waals surface area contributed by atoms with Crippen molar-refractivity contribution < 1.29 is 4.79 Å². The zero-order valence-electron chi connectivity index (χ0n) is 8.50. The van der Waals surface area contributed by atoms with Crippen LogP contribution in [0.2, 0.25) is 0 Å². The first-order valence-corrected chi connectivity index (χ1v) is 4.52. The number of carbonyl (C=O) groups is 1. The van der Waals surface area contributed by atoms with Crippen LogP contribution in [0, 0.1) is 24.2 Å². The molecule has 0 aliphatic heterocycles. The summed E-state index contributed by atoms with van der Waals surface area (Å²) in [5, 5.41) is 2.59. The van der Waals surface area contributed by atoms with E-state index < -0.39 is 0 Å². The molecule has 0 saturated heterocycles. The first-order valence-electron chi connectivity index (χ1n) is 4.52. The fourth-order valence-corrected chi connectivity index (χ4v) is 0.965. The number of hydrogen-bond acceptors (Lipinski definition) is 1. The molecule has 0 aromatic heterocycles. The second kappa shape index (κ2) is 5.52. The third kappa shape index (κ3) is 4.02. The van der Waals surface area contributed by atoms with Crippen molar-refractivity contribution in [1.29, 1.82) is 0 Å². The van der Waals surface area contributed by atoms with Gasteiger partial charge in [-0.05, 0) is 24.3 Å². The number of hydrogen-bond donors (Lipinski definition) is 1. The predicted molar refractivity (Wildman–Crippen MR) is 59.9 cm³/mol. The largest absolute Gasteiger partial charge is 0.345 e. The van der Waals surface area contributed by atoms with E-state index in [1.165, 1.54) is 6.92 Å². The van der Waals surface area contributed by atoms with Crippen molar-refractivity contribution in [2.75, 3.05) is 6.54 Å². The quantitative estimate of drug-likeness (QED) is 0.672. The number of benzene rings is 1. The Morgan fingerprint density at radius 1 is 1.33 bits per heavy atom. The fourth-order valence-electron chi connectivity index (χ4n) is 0.965. The van der Waals surface area contributed by atoms with E-state index >= 15 is 0 Å². The van der Waals surface area contributed by atoms with Gasteiger partial charge in [-0.1, -0.05) is 17.8 Å². The summed E-state index contributed by atoms with van der Waals surface area (Å²) in [6.45, 7) is 1.83. The van der Waals surface area contributed by atoms with Crippen molar-refractivity contribution in [2.24, 2.45) is 0 Å². The molecule has 2 heteroatoms. The van der Waals surface area contributed by atoms with Gasteiger partial charge >= 0.3 is 0 Å². The van der Waals surface area contributed by atoms with Crippen molar-refractivity contribution >= 4 is 5.91 Å². The highest BCUT2D eigenvalue weighted by Gasteiger charge is 1.88. The van der Waals surface area contributed by atoms with E-state index in [9.17, 15) is 4.79 Å². The summed E-state index contributed by atoms with van der Waals surface area (Å²) in [6.07, 6.45) is 5.22. The van der Waals surface area contributed by atoms with E-state index in [-0.39, 0.29) is 5.91 Å². The van der Waals surface area contributed by atoms with Crippen LogP contribution in [0.5, 0.6) is 0 Å².